The molecule has 6 nitrogen and oxygen atoms in total. The number of hydrogen-bond acceptors (Lipinski definition) is 4. The highest BCUT2D eigenvalue weighted by Gasteiger charge is 2.27. The predicted molar refractivity (Wildman–Crippen MR) is 92.7 cm³/mol. The summed E-state index contributed by atoms with van der Waals surface area (Å²) >= 11 is 0. The van der Waals surface area contributed by atoms with Crippen LogP contribution in [0.3, 0.4) is 0 Å². The van der Waals surface area contributed by atoms with Crippen molar-refractivity contribution in [3.8, 4) is 0 Å². The molecule has 2 amide bonds. The number of rotatable bonds is 4. The molecule has 0 spiro atoms. The number of likely N-dealkylation sites (tertiary alicyclic amines) is 1. The van der Waals surface area contributed by atoms with Gasteiger partial charge in [-0.25, -0.2) is 4.79 Å². The molecule has 0 saturated carbocycles. The first-order chi connectivity index (χ1) is 11.6. The number of urea groups is 1. The maximum Gasteiger partial charge on any atom is 0.317 e. The molecular weight excluding hydrogens is 304 g/mol. The fraction of sp³-hybridized carbons (Fsp3) is 0.444. The normalized spacial score (nSPS) is 15.5. The summed E-state index contributed by atoms with van der Waals surface area (Å²) in [5.41, 5.74) is 8.83. The zero-order valence-corrected chi connectivity index (χ0v) is 14.0. The lowest BCUT2D eigenvalue weighted by molar-refractivity contribution is 0.180. The van der Waals surface area contributed by atoms with Gasteiger partial charge in [0.25, 0.3) is 0 Å². The van der Waals surface area contributed by atoms with Crippen molar-refractivity contribution in [3.05, 3.63) is 47.2 Å². The Morgan fingerprint density at radius 3 is 2.67 bits per heavy atom. The smallest absolute Gasteiger partial charge is 0.317 e. The summed E-state index contributed by atoms with van der Waals surface area (Å²) in [5, 5.41) is 7.08. The highest BCUT2D eigenvalue weighted by Crippen LogP contribution is 2.31. The molecule has 1 aromatic carbocycles. The van der Waals surface area contributed by atoms with Crippen molar-refractivity contribution in [3.63, 3.8) is 0 Å². The summed E-state index contributed by atoms with van der Waals surface area (Å²) in [5.74, 6) is 0.713. The number of piperidine rings is 1. The van der Waals surface area contributed by atoms with Crippen LogP contribution in [0.2, 0.25) is 0 Å². The van der Waals surface area contributed by atoms with Crippen molar-refractivity contribution >= 4 is 11.9 Å². The quantitative estimate of drug-likeness (QED) is 0.904. The van der Waals surface area contributed by atoms with Gasteiger partial charge in [0.15, 0.2) is 0 Å². The molecule has 128 valence electrons. The van der Waals surface area contributed by atoms with E-state index in [0.29, 0.717) is 18.3 Å². The summed E-state index contributed by atoms with van der Waals surface area (Å²) in [7, 11) is 0. The summed E-state index contributed by atoms with van der Waals surface area (Å²) < 4.78 is 5.05. The number of aromatic nitrogens is 1. The number of carbonyl (C=O) groups is 1. The lowest BCUT2D eigenvalue weighted by Crippen LogP contribution is -2.44. The van der Waals surface area contributed by atoms with E-state index in [2.05, 4.69) is 22.6 Å². The van der Waals surface area contributed by atoms with Crippen LogP contribution in [-0.4, -0.2) is 35.7 Å². The van der Waals surface area contributed by atoms with Gasteiger partial charge in [0.2, 0.25) is 5.88 Å². The van der Waals surface area contributed by atoms with Gasteiger partial charge in [-0.3, -0.25) is 0 Å². The van der Waals surface area contributed by atoms with Crippen LogP contribution < -0.4 is 11.1 Å². The van der Waals surface area contributed by atoms with E-state index in [1.807, 2.05) is 30.0 Å². The molecule has 24 heavy (non-hydrogen) atoms. The molecule has 0 radical (unpaired) electrons. The summed E-state index contributed by atoms with van der Waals surface area (Å²) in [6.45, 7) is 4.05. The number of nitrogen functional groups attached to an aromatic ring is 1. The first-order valence-corrected chi connectivity index (χ1v) is 8.43. The predicted octanol–water partition coefficient (Wildman–Crippen LogP) is 2.70. The average Bonchev–Trinajstić information content (AvgIpc) is 2.95. The molecule has 3 rings (SSSR count). The van der Waals surface area contributed by atoms with Crippen LogP contribution in [0.15, 0.2) is 34.9 Å². The third-order valence-corrected chi connectivity index (χ3v) is 4.70. The molecule has 2 aromatic rings. The van der Waals surface area contributed by atoms with Crippen LogP contribution in [-0.2, 0) is 6.42 Å². The van der Waals surface area contributed by atoms with Crippen LogP contribution in [0.1, 0.15) is 35.6 Å². The number of nitrogens with zero attached hydrogens (tertiary/aromatic N) is 2. The Balaban J connectivity index is 1.44. The van der Waals surface area contributed by atoms with Crippen LogP contribution in [0.25, 0.3) is 0 Å². The lowest BCUT2D eigenvalue weighted by Gasteiger charge is -2.31. The van der Waals surface area contributed by atoms with E-state index in [1.54, 1.807) is 0 Å². The Kier molecular flexibility index (Phi) is 5.03. The molecular formula is C18H24N4O2. The first kappa shape index (κ1) is 16.4. The Morgan fingerprint density at radius 2 is 2.04 bits per heavy atom. The highest BCUT2D eigenvalue weighted by molar-refractivity contribution is 5.74. The zero-order valence-electron chi connectivity index (χ0n) is 14.0. The first-order valence-electron chi connectivity index (χ1n) is 8.43. The molecule has 1 aliphatic rings. The van der Waals surface area contributed by atoms with Crippen molar-refractivity contribution in [2.24, 2.45) is 0 Å². The Bertz CT molecular complexity index is 676. The summed E-state index contributed by atoms with van der Waals surface area (Å²) in [4.78, 5) is 14.1. The third kappa shape index (κ3) is 3.69. The minimum Gasteiger partial charge on any atom is -0.367 e. The van der Waals surface area contributed by atoms with Gasteiger partial charge in [0.05, 0.1) is 5.69 Å². The van der Waals surface area contributed by atoms with Crippen molar-refractivity contribution in [1.82, 2.24) is 15.4 Å². The fourth-order valence-electron chi connectivity index (χ4n) is 3.17. The van der Waals surface area contributed by atoms with Gasteiger partial charge < -0.3 is 20.5 Å². The molecule has 0 aliphatic carbocycles. The van der Waals surface area contributed by atoms with Crippen molar-refractivity contribution < 1.29 is 9.32 Å². The molecule has 1 saturated heterocycles. The lowest BCUT2D eigenvalue weighted by atomic mass is 9.91. The van der Waals surface area contributed by atoms with E-state index in [4.69, 9.17) is 10.3 Å². The topological polar surface area (TPSA) is 84.4 Å². The van der Waals surface area contributed by atoms with Crippen molar-refractivity contribution in [2.75, 3.05) is 25.4 Å². The minimum atomic E-state index is 0.0146. The summed E-state index contributed by atoms with van der Waals surface area (Å²) in [6.07, 6.45) is 2.62. The van der Waals surface area contributed by atoms with Crippen LogP contribution in [0.4, 0.5) is 10.7 Å². The average molecular weight is 328 g/mol. The maximum absolute atomic E-state index is 12.3. The second-order valence-corrected chi connectivity index (χ2v) is 6.29. The second-order valence-electron chi connectivity index (χ2n) is 6.29. The van der Waals surface area contributed by atoms with Crippen molar-refractivity contribution in [1.29, 1.82) is 0 Å². The fourth-order valence-corrected chi connectivity index (χ4v) is 3.17. The number of nitrogens with two attached hydrogens (primary N) is 1. The molecule has 1 aromatic heterocycles. The van der Waals surface area contributed by atoms with Gasteiger partial charge in [-0.05, 0) is 31.7 Å². The number of anilines is 1. The summed E-state index contributed by atoms with van der Waals surface area (Å²) in [6, 6.07) is 10.2. The third-order valence-electron chi connectivity index (χ3n) is 4.70. The Morgan fingerprint density at radius 1 is 1.33 bits per heavy atom. The Hall–Kier alpha value is -2.50. The molecule has 6 heteroatoms. The van der Waals surface area contributed by atoms with Gasteiger partial charge in [0, 0.05) is 31.1 Å². The van der Waals surface area contributed by atoms with Crippen LogP contribution in [0.5, 0.6) is 0 Å². The number of hydrogen-bond donors (Lipinski definition) is 2. The van der Waals surface area contributed by atoms with Crippen molar-refractivity contribution in [2.45, 2.75) is 32.1 Å². The largest absolute Gasteiger partial charge is 0.367 e. The Labute approximate surface area is 142 Å². The number of benzene rings is 1. The zero-order chi connectivity index (χ0) is 16.9. The van der Waals surface area contributed by atoms with E-state index in [9.17, 15) is 4.79 Å². The van der Waals surface area contributed by atoms with E-state index in [1.165, 1.54) is 5.56 Å². The molecule has 1 fully saturated rings. The maximum atomic E-state index is 12.3. The second kappa shape index (κ2) is 7.38. The number of amides is 2. The van der Waals surface area contributed by atoms with E-state index >= 15 is 0 Å². The standard InChI is InChI=1S/C18H24N4O2/c1-13-16(21-24-17(13)19)15-8-11-22(12-9-15)18(23)20-10-7-14-5-3-2-4-6-14/h2-6,15H,7-12,19H2,1H3,(H,20,23). The molecule has 1 aliphatic heterocycles. The molecule has 0 unspecified atom stereocenters. The van der Waals surface area contributed by atoms with Gasteiger partial charge in [-0.2, -0.15) is 0 Å². The van der Waals surface area contributed by atoms with E-state index < -0.39 is 0 Å². The monoisotopic (exact) mass is 328 g/mol. The molecule has 0 atom stereocenters. The number of carbonyl (C=O) groups excluding carboxylic acids is 1. The van der Waals surface area contributed by atoms with Crippen LogP contribution >= 0.6 is 0 Å². The van der Waals surface area contributed by atoms with Crippen LogP contribution in [0, 0.1) is 6.92 Å². The minimum absolute atomic E-state index is 0.0146. The molecule has 2 heterocycles. The van der Waals surface area contributed by atoms with Gasteiger partial charge in [0.1, 0.15) is 0 Å². The van der Waals surface area contributed by atoms with Gasteiger partial charge in [-0.1, -0.05) is 35.5 Å². The molecule has 3 N–H and O–H groups in total. The highest BCUT2D eigenvalue weighted by atomic mass is 16.5. The SMILES string of the molecule is Cc1c(C2CCN(C(=O)NCCc3ccccc3)CC2)noc1N. The number of nitrogens with one attached hydrogen (secondary N) is 1. The van der Waals surface area contributed by atoms with E-state index in [-0.39, 0.29) is 6.03 Å². The van der Waals surface area contributed by atoms with E-state index in [0.717, 1.165) is 43.6 Å². The van der Waals surface area contributed by atoms with Gasteiger partial charge in [-0.15, -0.1) is 0 Å². The molecule has 0 bridgehead atoms. The van der Waals surface area contributed by atoms with Gasteiger partial charge >= 0.3 is 6.03 Å².